The number of ether oxygens (including phenoxy) is 1. The van der Waals surface area contributed by atoms with Gasteiger partial charge in [0.15, 0.2) is 0 Å². The maximum atomic E-state index is 5.97. The number of halogens is 1. The van der Waals surface area contributed by atoms with Gasteiger partial charge in [-0.15, -0.1) is 0 Å². The minimum atomic E-state index is 0.622. The van der Waals surface area contributed by atoms with Crippen LogP contribution in [0.15, 0.2) is 66.7 Å². The van der Waals surface area contributed by atoms with E-state index in [1.807, 2.05) is 36.4 Å². The lowest BCUT2D eigenvalue weighted by molar-refractivity contribution is 0.311. The molecule has 3 rings (SSSR count). The van der Waals surface area contributed by atoms with Crippen LogP contribution in [0.4, 0.5) is 0 Å². The molecule has 0 saturated carbocycles. The molecule has 0 radical (unpaired) electrons. The van der Waals surface area contributed by atoms with Crippen LogP contribution in [0.5, 0.6) is 5.75 Å². The highest BCUT2D eigenvalue weighted by atomic mass is 35.5. The van der Waals surface area contributed by atoms with Gasteiger partial charge in [-0.3, -0.25) is 0 Å². The van der Waals surface area contributed by atoms with Crippen molar-refractivity contribution in [3.8, 4) is 17.6 Å². The summed E-state index contributed by atoms with van der Waals surface area (Å²) in [6.07, 6.45) is 2.49. The molecule has 0 amide bonds. The fraction of sp³-hybridized carbons (Fsp3) is 0.333. The normalized spacial score (nSPS) is 10.7. The minimum absolute atomic E-state index is 0.622. The maximum absolute atomic E-state index is 5.97. The quantitative estimate of drug-likeness (QED) is 0.255. The monoisotopic (exact) mass is 474 g/mol. The Bertz CT molecular complexity index is 1080. The van der Waals surface area contributed by atoms with Crippen molar-refractivity contribution >= 4 is 11.6 Å². The van der Waals surface area contributed by atoms with Gasteiger partial charge in [-0.05, 0) is 86.1 Å². The van der Waals surface area contributed by atoms with Crippen LogP contribution in [0, 0.1) is 18.8 Å². The summed E-state index contributed by atoms with van der Waals surface area (Å²) in [4.78, 5) is 2.38. The van der Waals surface area contributed by atoms with Crippen LogP contribution < -0.4 is 10.1 Å². The molecule has 0 aliphatic heterocycles. The van der Waals surface area contributed by atoms with Crippen molar-refractivity contribution in [3.05, 3.63) is 99.6 Å². The summed E-state index contributed by atoms with van der Waals surface area (Å²) in [7, 11) is 2.19. The van der Waals surface area contributed by atoms with E-state index in [1.165, 1.54) is 24.0 Å². The Morgan fingerprint density at radius 1 is 0.912 bits per heavy atom. The van der Waals surface area contributed by atoms with Crippen molar-refractivity contribution in [1.29, 1.82) is 0 Å². The molecule has 0 saturated heterocycles. The fourth-order valence-electron chi connectivity index (χ4n) is 3.61. The van der Waals surface area contributed by atoms with Gasteiger partial charge in [0.2, 0.25) is 0 Å². The minimum Gasteiger partial charge on any atom is -0.492 e. The van der Waals surface area contributed by atoms with E-state index in [-0.39, 0.29) is 0 Å². The van der Waals surface area contributed by atoms with E-state index >= 15 is 0 Å². The van der Waals surface area contributed by atoms with Gasteiger partial charge >= 0.3 is 0 Å². The lowest BCUT2D eigenvalue weighted by atomic mass is 10.1. The van der Waals surface area contributed by atoms with Crippen LogP contribution in [-0.4, -0.2) is 31.6 Å². The first kappa shape index (κ1) is 25.8. The Balaban J connectivity index is 1.39. The lowest BCUT2D eigenvalue weighted by Gasteiger charge is -2.16. The molecule has 0 aliphatic carbocycles. The average Bonchev–Trinajstić information content (AvgIpc) is 2.84. The zero-order chi connectivity index (χ0) is 24.2. The first-order valence-corrected chi connectivity index (χ1v) is 12.4. The largest absolute Gasteiger partial charge is 0.492 e. The Labute approximate surface area is 210 Å². The third-order valence-electron chi connectivity index (χ3n) is 5.60. The zero-order valence-electron chi connectivity index (χ0n) is 20.5. The molecule has 34 heavy (non-hydrogen) atoms. The van der Waals surface area contributed by atoms with Crippen molar-refractivity contribution < 1.29 is 4.74 Å². The maximum Gasteiger partial charge on any atom is 0.122 e. The van der Waals surface area contributed by atoms with Gasteiger partial charge < -0.3 is 15.0 Å². The molecule has 3 aromatic rings. The summed E-state index contributed by atoms with van der Waals surface area (Å²) >= 11 is 5.92. The molecule has 1 N–H and O–H groups in total. The van der Waals surface area contributed by atoms with Gasteiger partial charge in [0.25, 0.3) is 0 Å². The molecule has 0 aliphatic rings. The second-order valence-electron chi connectivity index (χ2n) is 8.67. The van der Waals surface area contributed by atoms with Crippen LogP contribution in [-0.2, 0) is 13.1 Å². The number of hydrogen-bond acceptors (Lipinski definition) is 3. The number of benzene rings is 3. The molecular weight excluding hydrogens is 440 g/mol. The van der Waals surface area contributed by atoms with E-state index in [4.69, 9.17) is 16.3 Å². The van der Waals surface area contributed by atoms with Gasteiger partial charge in [0.1, 0.15) is 12.4 Å². The Kier molecular flexibility index (Phi) is 10.5. The molecule has 0 bridgehead atoms. The number of hydrogen-bond donors (Lipinski definition) is 1. The molecule has 0 fully saturated rings. The highest BCUT2D eigenvalue weighted by molar-refractivity contribution is 6.30. The molecule has 4 heteroatoms. The number of aryl methyl sites for hydroxylation is 1. The average molecular weight is 475 g/mol. The second-order valence-corrected chi connectivity index (χ2v) is 9.11. The van der Waals surface area contributed by atoms with Crippen LogP contribution in [0.1, 0.15) is 47.6 Å². The smallest absolute Gasteiger partial charge is 0.122 e. The summed E-state index contributed by atoms with van der Waals surface area (Å²) in [6.45, 7) is 8.70. The predicted molar refractivity (Wildman–Crippen MR) is 143 cm³/mol. The molecule has 0 spiro atoms. The zero-order valence-corrected chi connectivity index (χ0v) is 21.3. The van der Waals surface area contributed by atoms with E-state index < -0.39 is 0 Å². The van der Waals surface area contributed by atoms with Crippen LogP contribution in [0.3, 0.4) is 0 Å². The first-order chi connectivity index (χ1) is 16.5. The van der Waals surface area contributed by atoms with E-state index in [9.17, 15) is 0 Å². The van der Waals surface area contributed by atoms with Gasteiger partial charge in [0, 0.05) is 35.8 Å². The van der Waals surface area contributed by atoms with Crippen LogP contribution in [0.25, 0.3) is 0 Å². The molecule has 0 unspecified atom stereocenters. The third kappa shape index (κ3) is 8.88. The summed E-state index contributed by atoms with van der Waals surface area (Å²) in [5.41, 5.74) is 5.66. The van der Waals surface area contributed by atoms with Crippen molar-refractivity contribution in [2.45, 2.75) is 39.8 Å². The molecule has 0 aromatic heterocycles. The fourth-order valence-corrected chi connectivity index (χ4v) is 3.74. The highest BCUT2D eigenvalue weighted by Gasteiger charge is 2.02. The summed E-state index contributed by atoms with van der Waals surface area (Å²) in [5, 5.41) is 4.19. The van der Waals surface area contributed by atoms with E-state index in [1.54, 1.807) is 0 Å². The van der Waals surface area contributed by atoms with Crippen LogP contribution in [0.2, 0.25) is 5.02 Å². The SMILES string of the molecule is CCCCN(C)Cc1ccc(CNCCOc2ccc(C#Cc3ccc(Cl)cc3)cc2C)cc1. The lowest BCUT2D eigenvalue weighted by Crippen LogP contribution is -2.21. The first-order valence-electron chi connectivity index (χ1n) is 12.0. The number of unbranched alkanes of at least 4 members (excludes halogenated alkanes) is 1. The van der Waals surface area contributed by atoms with Crippen molar-refractivity contribution in [1.82, 2.24) is 10.2 Å². The number of nitrogens with zero attached hydrogens (tertiary/aromatic N) is 1. The Morgan fingerprint density at radius 2 is 1.59 bits per heavy atom. The summed E-state index contributed by atoms with van der Waals surface area (Å²) in [5.74, 6) is 7.27. The highest BCUT2D eigenvalue weighted by Crippen LogP contribution is 2.19. The van der Waals surface area contributed by atoms with E-state index in [0.717, 1.165) is 53.6 Å². The summed E-state index contributed by atoms with van der Waals surface area (Å²) in [6, 6.07) is 22.5. The summed E-state index contributed by atoms with van der Waals surface area (Å²) < 4.78 is 5.97. The molecule has 0 heterocycles. The molecule has 0 atom stereocenters. The molecule has 3 nitrogen and oxygen atoms in total. The third-order valence-corrected chi connectivity index (χ3v) is 5.86. The standard InChI is InChI=1S/C30H35ClN2O/c1-4-5-19-33(3)23-28-10-8-27(9-11-28)22-32-18-20-34-30-17-14-26(21-24(30)2)7-6-25-12-15-29(31)16-13-25/h8-17,21,32H,4-5,18-20,22-23H2,1-3H3. The van der Waals surface area contributed by atoms with Gasteiger partial charge in [-0.25, -0.2) is 0 Å². The van der Waals surface area contributed by atoms with E-state index in [0.29, 0.717) is 6.61 Å². The van der Waals surface area contributed by atoms with Crippen molar-refractivity contribution in [3.63, 3.8) is 0 Å². The molecule has 3 aromatic carbocycles. The topological polar surface area (TPSA) is 24.5 Å². The van der Waals surface area contributed by atoms with Gasteiger partial charge in [-0.2, -0.15) is 0 Å². The van der Waals surface area contributed by atoms with Crippen molar-refractivity contribution in [2.75, 3.05) is 26.7 Å². The Morgan fingerprint density at radius 3 is 2.29 bits per heavy atom. The Hall–Kier alpha value is -2.77. The molecular formula is C30H35ClN2O. The van der Waals surface area contributed by atoms with Gasteiger partial charge in [-0.1, -0.05) is 61.1 Å². The predicted octanol–water partition coefficient (Wildman–Crippen LogP) is 6.45. The van der Waals surface area contributed by atoms with Crippen LogP contribution >= 0.6 is 11.6 Å². The molecule has 178 valence electrons. The second kappa shape index (κ2) is 13.8. The van der Waals surface area contributed by atoms with Crippen molar-refractivity contribution in [2.24, 2.45) is 0 Å². The van der Waals surface area contributed by atoms with E-state index in [2.05, 4.69) is 73.3 Å². The van der Waals surface area contributed by atoms with Gasteiger partial charge in [0.05, 0.1) is 0 Å². The number of nitrogens with one attached hydrogen (secondary N) is 1. The number of rotatable bonds is 11.